The molecule has 19 heavy (non-hydrogen) atoms. The monoisotopic (exact) mass is 327 g/mol. The molecule has 0 bridgehead atoms. The van der Waals surface area contributed by atoms with Gasteiger partial charge in [0.15, 0.2) is 0 Å². The number of carboxylic acids is 1. The number of hydrogen-bond acceptors (Lipinski definition) is 6. The molecule has 0 aliphatic carbocycles. The van der Waals surface area contributed by atoms with Crippen molar-refractivity contribution in [1.82, 2.24) is 19.7 Å². The van der Waals surface area contributed by atoms with E-state index < -0.39 is 16.8 Å². The van der Waals surface area contributed by atoms with Crippen molar-refractivity contribution in [1.29, 1.82) is 0 Å². The molecule has 1 N–H and O–H groups in total. The Morgan fingerprint density at radius 2 is 2.21 bits per heavy atom. The summed E-state index contributed by atoms with van der Waals surface area (Å²) in [4.78, 5) is 28.0. The molecule has 2 aromatic heterocycles. The summed E-state index contributed by atoms with van der Waals surface area (Å²) in [6.07, 6.45) is 0. The highest BCUT2D eigenvalue weighted by atomic mass is 79.9. The first kappa shape index (κ1) is 13.1. The number of nitrogens with zero attached hydrogens (tertiary/aromatic N) is 5. The fourth-order valence-electron chi connectivity index (χ4n) is 1.33. The van der Waals surface area contributed by atoms with Crippen LogP contribution in [0.1, 0.15) is 16.2 Å². The number of carbonyl (C=O) groups is 1. The molecule has 0 radical (unpaired) electrons. The third-order valence-corrected chi connectivity index (χ3v) is 2.70. The molecule has 0 saturated heterocycles. The minimum absolute atomic E-state index is 0.0720. The molecule has 0 amide bonds. The van der Waals surface area contributed by atoms with Gasteiger partial charge in [-0.3, -0.25) is 0 Å². The first-order valence-electron chi connectivity index (χ1n) is 4.91. The Hall–Kier alpha value is -2.36. The largest absolute Gasteiger partial charge is 0.492 e. The third kappa shape index (κ3) is 2.91. The van der Waals surface area contributed by atoms with E-state index in [4.69, 9.17) is 5.11 Å². The quantitative estimate of drug-likeness (QED) is 0.658. The van der Waals surface area contributed by atoms with Gasteiger partial charge in [0, 0.05) is 21.0 Å². The van der Waals surface area contributed by atoms with Crippen LogP contribution in [0.5, 0.6) is 0 Å². The van der Waals surface area contributed by atoms with Gasteiger partial charge in [-0.1, -0.05) is 6.07 Å². The predicted molar refractivity (Wildman–Crippen MR) is 64.7 cm³/mol. The molecule has 10 heteroatoms. The lowest BCUT2D eigenvalue weighted by Crippen LogP contribution is -2.08. The van der Waals surface area contributed by atoms with Gasteiger partial charge in [-0.15, -0.1) is 0 Å². The fraction of sp³-hybridized carbons (Fsp3) is 0.111. The van der Waals surface area contributed by atoms with Gasteiger partial charge in [0.1, 0.15) is 12.2 Å². The summed E-state index contributed by atoms with van der Waals surface area (Å²) in [6.45, 7) is 0.0720. The van der Waals surface area contributed by atoms with E-state index in [1.165, 1.54) is 16.8 Å². The van der Waals surface area contributed by atoms with Crippen molar-refractivity contribution in [3.05, 3.63) is 44.4 Å². The van der Waals surface area contributed by atoms with E-state index in [-0.39, 0.29) is 17.0 Å². The third-order valence-electron chi connectivity index (χ3n) is 2.12. The average Bonchev–Trinajstić information content (AvgIpc) is 2.71. The van der Waals surface area contributed by atoms with Gasteiger partial charge >= 0.3 is 11.9 Å². The van der Waals surface area contributed by atoms with Crippen molar-refractivity contribution >= 4 is 27.8 Å². The molecule has 0 saturated carbocycles. The zero-order valence-corrected chi connectivity index (χ0v) is 10.8. The molecule has 0 aliphatic heterocycles. The molecule has 0 fully saturated rings. The Bertz CT molecular complexity index is 656. The lowest BCUT2D eigenvalue weighted by molar-refractivity contribution is -0.394. The van der Waals surface area contributed by atoms with Crippen LogP contribution < -0.4 is 0 Å². The van der Waals surface area contributed by atoms with Crippen LogP contribution in [0.15, 0.2) is 22.9 Å². The number of rotatable bonds is 4. The van der Waals surface area contributed by atoms with E-state index in [0.29, 0.717) is 5.69 Å². The number of aromatic carboxylic acids is 1. The molecule has 2 rings (SSSR count). The Morgan fingerprint density at radius 1 is 1.47 bits per heavy atom. The van der Waals surface area contributed by atoms with Crippen molar-refractivity contribution in [2.45, 2.75) is 6.54 Å². The summed E-state index contributed by atoms with van der Waals surface area (Å²) < 4.78 is 1.38. The van der Waals surface area contributed by atoms with E-state index in [1.54, 1.807) is 6.07 Å². The topological polar surface area (TPSA) is 124 Å². The number of aromatic nitrogens is 4. The van der Waals surface area contributed by atoms with Crippen LogP contribution in [0.25, 0.3) is 0 Å². The summed E-state index contributed by atoms with van der Waals surface area (Å²) in [7, 11) is 0. The molecule has 98 valence electrons. The lowest BCUT2D eigenvalue weighted by Gasteiger charge is -1.99. The highest BCUT2D eigenvalue weighted by molar-refractivity contribution is 9.10. The summed E-state index contributed by atoms with van der Waals surface area (Å²) in [6, 6.07) is 4.47. The lowest BCUT2D eigenvalue weighted by atomic mass is 10.3. The van der Waals surface area contributed by atoms with Crippen LogP contribution in [0, 0.1) is 10.1 Å². The van der Waals surface area contributed by atoms with Crippen LogP contribution in [0.2, 0.25) is 0 Å². The van der Waals surface area contributed by atoms with Crippen LogP contribution in [0.4, 0.5) is 5.95 Å². The molecule has 0 atom stereocenters. The van der Waals surface area contributed by atoms with Crippen LogP contribution >= 0.6 is 15.9 Å². The molecular formula is C9H6BrN5O4. The Labute approximate surface area is 114 Å². The molecule has 2 aromatic rings. The van der Waals surface area contributed by atoms with Crippen molar-refractivity contribution in [3.63, 3.8) is 0 Å². The maximum Gasteiger partial charge on any atom is 0.492 e. The molecule has 9 nitrogen and oxygen atoms in total. The SMILES string of the molecule is O=C(O)c1cccc(Cn2nc([N+](=O)[O-])nc2Br)n1. The van der Waals surface area contributed by atoms with E-state index in [2.05, 4.69) is 31.0 Å². The highest BCUT2D eigenvalue weighted by Crippen LogP contribution is 2.13. The van der Waals surface area contributed by atoms with Gasteiger partial charge in [-0.2, -0.15) is 4.68 Å². The second-order valence-electron chi connectivity index (χ2n) is 3.41. The van der Waals surface area contributed by atoms with Gasteiger partial charge in [-0.05, 0) is 22.0 Å². The molecule has 0 aromatic carbocycles. The normalized spacial score (nSPS) is 10.4. The van der Waals surface area contributed by atoms with Crippen LogP contribution in [-0.4, -0.2) is 35.7 Å². The van der Waals surface area contributed by atoms with Crippen molar-refractivity contribution in [2.24, 2.45) is 0 Å². The summed E-state index contributed by atoms with van der Waals surface area (Å²) in [5.41, 5.74) is 0.295. The van der Waals surface area contributed by atoms with Crippen LogP contribution in [-0.2, 0) is 6.54 Å². The predicted octanol–water partition coefficient (Wildman–Crippen LogP) is 1.09. The summed E-state index contributed by atoms with van der Waals surface area (Å²) in [5, 5.41) is 23.0. The standard InChI is InChI=1S/C9H6BrN5O4/c10-8-12-9(15(18)19)13-14(8)4-5-2-1-3-6(11-5)7(16)17/h1-3H,4H2,(H,16,17). The van der Waals surface area contributed by atoms with E-state index in [1.807, 2.05) is 0 Å². The number of nitro groups is 1. The minimum Gasteiger partial charge on any atom is -0.477 e. The fourth-order valence-corrected chi connectivity index (χ4v) is 1.69. The second kappa shape index (κ2) is 5.10. The summed E-state index contributed by atoms with van der Waals surface area (Å²) in [5.74, 6) is -1.69. The Morgan fingerprint density at radius 3 is 2.79 bits per heavy atom. The number of halogens is 1. The maximum absolute atomic E-state index is 10.8. The Balaban J connectivity index is 2.28. The number of hydrogen-bond donors (Lipinski definition) is 1. The first-order chi connectivity index (χ1) is 8.97. The maximum atomic E-state index is 10.8. The molecule has 0 aliphatic rings. The van der Waals surface area contributed by atoms with E-state index in [9.17, 15) is 14.9 Å². The van der Waals surface area contributed by atoms with Crippen molar-refractivity contribution in [2.75, 3.05) is 0 Å². The number of carboxylic acid groups (broad SMARTS) is 1. The van der Waals surface area contributed by atoms with Crippen molar-refractivity contribution < 1.29 is 14.8 Å². The highest BCUT2D eigenvalue weighted by Gasteiger charge is 2.20. The first-order valence-corrected chi connectivity index (χ1v) is 5.70. The van der Waals surface area contributed by atoms with Crippen LogP contribution in [0.3, 0.4) is 0 Å². The van der Waals surface area contributed by atoms with E-state index in [0.717, 1.165) is 0 Å². The molecular weight excluding hydrogens is 322 g/mol. The smallest absolute Gasteiger partial charge is 0.477 e. The molecule has 0 unspecified atom stereocenters. The average molecular weight is 328 g/mol. The molecule has 0 spiro atoms. The number of pyridine rings is 1. The van der Waals surface area contributed by atoms with Gasteiger partial charge in [0.2, 0.25) is 0 Å². The zero-order valence-electron chi connectivity index (χ0n) is 9.23. The van der Waals surface area contributed by atoms with Gasteiger partial charge < -0.3 is 15.2 Å². The van der Waals surface area contributed by atoms with Gasteiger partial charge in [-0.25, -0.2) is 9.78 Å². The van der Waals surface area contributed by atoms with Gasteiger partial charge in [0.05, 0.1) is 5.69 Å². The second-order valence-corrected chi connectivity index (χ2v) is 4.12. The summed E-state index contributed by atoms with van der Waals surface area (Å²) >= 11 is 3.03. The molecule has 2 heterocycles. The van der Waals surface area contributed by atoms with Gasteiger partial charge in [0.25, 0.3) is 4.73 Å². The zero-order chi connectivity index (χ0) is 14.0. The van der Waals surface area contributed by atoms with E-state index >= 15 is 0 Å². The Kier molecular flexibility index (Phi) is 3.51. The minimum atomic E-state index is -1.15. The van der Waals surface area contributed by atoms with Crippen molar-refractivity contribution in [3.8, 4) is 0 Å².